The van der Waals surface area contributed by atoms with Gasteiger partial charge in [-0.2, -0.15) is 0 Å². The van der Waals surface area contributed by atoms with E-state index < -0.39 is 0 Å². The third-order valence-electron chi connectivity index (χ3n) is 4.41. The van der Waals surface area contributed by atoms with Crippen LogP contribution in [0, 0.1) is 0 Å². The van der Waals surface area contributed by atoms with E-state index in [0.29, 0.717) is 12.7 Å². The Morgan fingerprint density at radius 2 is 2.10 bits per heavy atom. The Morgan fingerprint density at radius 3 is 2.75 bits per heavy atom. The minimum atomic E-state index is 0.0752. The van der Waals surface area contributed by atoms with Gasteiger partial charge in [-0.25, -0.2) is 0 Å². The molecule has 2 nitrogen and oxygen atoms in total. The summed E-state index contributed by atoms with van der Waals surface area (Å²) in [6.45, 7) is 3.82. The predicted octanol–water partition coefficient (Wildman–Crippen LogP) is 3.98. The molecule has 1 aliphatic heterocycles. The lowest BCUT2D eigenvalue weighted by Gasteiger charge is -2.34. The van der Waals surface area contributed by atoms with Crippen molar-refractivity contribution in [3.63, 3.8) is 0 Å². The summed E-state index contributed by atoms with van der Waals surface area (Å²) >= 11 is 0. The highest BCUT2D eigenvalue weighted by atomic mass is 16.5. The Kier molecular flexibility index (Phi) is 3.93. The van der Waals surface area contributed by atoms with Crippen molar-refractivity contribution in [3.05, 3.63) is 59.9 Å². The van der Waals surface area contributed by atoms with Crippen LogP contribution in [-0.4, -0.2) is 19.3 Å². The van der Waals surface area contributed by atoms with E-state index in [4.69, 9.17) is 9.47 Å². The van der Waals surface area contributed by atoms with Crippen LogP contribution in [0.4, 0.5) is 0 Å². The Hall–Kier alpha value is -1.54. The predicted molar refractivity (Wildman–Crippen MR) is 80.6 cm³/mol. The van der Waals surface area contributed by atoms with E-state index in [-0.39, 0.29) is 5.41 Å². The van der Waals surface area contributed by atoms with Crippen LogP contribution in [0.1, 0.15) is 31.7 Å². The van der Waals surface area contributed by atoms with Gasteiger partial charge in [-0.1, -0.05) is 49.4 Å². The summed E-state index contributed by atoms with van der Waals surface area (Å²) in [6, 6.07) is 10.7. The van der Waals surface area contributed by atoms with E-state index in [1.165, 1.54) is 5.56 Å². The summed E-state index contributed by atoms with van der Waals surface area (Å²) in [5.74, 6) is 1.08. The van der Waals surface area contributed by atoms with Gasteiger partial charge in [0.2, 0.25) is 0 Å². The monoisotopic (exact) mass is 270 g/mol. The molecule has 0 N–H and O–H groups in total. The fourth-order valence-corrected chi connectivity index (χ4v) is 2.90. The van der Waals surface area contributed by atoms with Crippen molar-refractivity contribution in [3.8, 4) is 0 Å². The Bertz CT molecular complexity index is 499. The summed E-state index contributed by atoms with van der Waals surface area (Å²) in [7, 11) is 0. The maximum absolute atomic E-state index is 5.95. The number of rotatable bonds is 5. The second-order valence-electron chi connectivity index (χ2n) is 5.64. The molecule has 1 aliphatic carbocycles. The van der Waals surface area contributed by atoms with Gasteiger partial charge in [0.25, 0.3) is 0 Å². The lowest BCUT2D eigenvalue weighted by Crippen LogP contribution is -2.32. The normalized spacial score (nSPS) is 28.6. The van der Waals surface area contributed by atoms with Gasteiger partial charge in [0.1, 0.15) is 6.61 Å². The van der Waals surface area contributed by atoms with Gasteiger partial charge >= 0.3 is 0 Å². The standard InChI is InChI=1S/C18H22O2/c1-2-18(15-7-4-3-5-8-15)11-6-9-16(13-18)20-14-17-10-12-19-17/h3-9,11,17H,2,10,12-14H2,1H3. The van der Waals surface area contributed by atoms with E-state index in [0.717, 1.165) is 31.6 Å². The summed E-state index contributed by atoms with van der Waals surface area (Å²) in [5.41, 5.74) is 1.44. The smallest absolute Gasteiger partial charge is 0.114 e. The zero-order chi connectivity index (χ0) is 13.8. The molecule has 106 valence electrons. The number of ether oxygens (including phenoxy) is 2. The fourth-order valence-electron chi connectivity index (χ4n) is 2.90. The van der Waals surface area contributed by atoms with Gasteiger partial charge < -0.3 is 9.47 Å². The maximum Gasteiger partial charge on any atom is 0.114 e. The highest BCUT2D eigenvalue weighted by Gasteiger charge is 2.31. The number of hydrogen-bond acceptors (Lipinski definition) is 2. The minimum absolute atomic E-state index is 0.0752. The van der Waals surface area contributed by atoms with Crippen LogP contribution in [0.25, 0.3) is 0 Å². The zero-order valence-electron chi connectivity index (χ0n) is 12.0. The van der Waals surface area contributed by atoms with Crippen molar-refractivity contribution in [1.82, 2.24) is 0 Å². The quantitative estimate of drug-likeness (QED) is 0.805. The van der Waals surface area contributed by atoms with Crippen molar-refractivity contribution in [2.75, 3.05) is 13.2 Å². The van der Waals surface area contributed by atoms with E-state index >= 15 is 0 Å². The van der Waals surface area contributed by atoms with Gasteiger partial charge in [0.05, 0.1) is 11.9 Å². The van der Waals surface area contributed by atoms with Crippen molar-refractivity contribution >= 4 is 0 Å². The summed E-state index contributed by atoms with van der Waals surface area (Å²) < 4.78 is 11.4. The fraction of sp³-hybridized carbons (Fsp3) is 0.444. The van der Waals surface area contributed by atoms with Gasteiger partial charge in [0, 0.05) is 24.9 Å². The molecule has 0 aromatic heterocycles. The van der Waals surface area contributed by atoms with Crippen LogP contribution in [0.3, 0.4) is 0 Å². The second kappa shape index (κ2) is 5.84. The van der Waals surface area contributed by atoms with Crippen molar-refractivity contribution in [2.24, 2.45) is 0 Å². The van der Waals surface area contributed by atoms with Crippen molar-refractivity contribution < 1.29 is 9.47 Å². The number of allylic oxidation sites excluding steroid dienone is 4. The molecule has 2 aliphatic rings. The molecule has 0 spiro atoms. The molecular weight excluding hydrogens is 248 g/mol. The topological polar surface area (TPSA) is 18.5 Å². The van der Waals surface area contributed by atoms with Gasteiger partial charge in [-0.15, -0.1) is 0 Å². The average molecular weight is 270 g/mol. The Balaban J connectivity index is 1.71. The molecule has 0 radical (unpaired) electrons. The second-order valence-corrected chi connectivity index (χ2v) is 5.64. The molecule has 1 fully saturated rings. The molecule has 1 aromatic carbocycles. The van der Waals surface area contributed by atoms with Gasteiger partial charge in [-0.05, 0) is 18.1 Å². The van der Waals surface area contributed by atoms with Crippen LogP contribution >= 0.6 is 0 Å². The van der Waals surface area contributed by atoms with Crippen LogP contribution in [0.15, 0.2) is 54.3 Å². The molecule has 2 atom stereocenters. The van der Waals surface area contributed by atoms with E-state index in [9.17, 15) is 0 Å². The van der Waals surface area contributed by atoms with E-state index in [1.807, 2.05) is 0 Å². The maximum atomic E-state index is 5.95. The molecule has 3 rings (SSSR count). The van der Waals surface area contributed by atoms with Crippen molar-refractivity contribution in [2.45, 2.75) is 37.7 Å². The third kappa shape index (κ3) is 2.66. The summed E-state index contributed by atoms with van der Waals surface area (Å²) in [5, 5.41) is 0. The van der Waals surface area contributed by atoms with E-state index in [1.54, 1.807) is 0 Å². The van der Waals surface area contributed by atoms with Crippen LogP contribution in [-0.2, 0) is 14.9 Å². The van der Waals surface area contributed by atoms with Crippen molar-refractivity contribution in [1.29, 1.82) is 0 Å². The minimum Gasteiger partial charge on any atom is -0.495 e. The molecule has 20 heavy (non-hydrogen) atoms. The lowest BCUT2D eigenvalue weighted by atomic mass is 9.73. The molecule has 2 heteroatoms. The zero-order valence-corrected chi connectivity index (χ0v) is 12.0. The molecule has 1 heterocycles. The SMILES string of the molecule is CCC1(c2ccccc2)C=CC=C(OCC2CCO2)C1. The first-order valence-electron chi connectivity index (χ1n) is 7.51. The van der Waals surface area contributed by atoms with E-state index in [2.05, 4.69) is 55.5 Å². The van der Waals surface area contributed by atoms with Gasteiger partial charge in [-0.3, -0.25) is 0 Å². The van der Waals surface area contributed by atoms with Crippen LogP contribution in [0.2, 0.25) is 0 Å². The molecule has 0 bridgehead atoms. The molecular formula is C18H22O2. The Labute approximate surface area is 121 Å². The Morgan fingerprint density at radius 1 is 1.30 bits per heavy atom. The lowest BCUT2D eigenvalue weighted by molar-refractivity contribution is -0.0845. The first-order chi connectivity index (χ1) is 9.82. The third-order valence-corrected chi connectivity index (χ3v) is 4.41. The number of benzene rings is 1. The van der Waals surface area contributed by atoms with Crippen LogP contribution in [0.5, 0.6) is 0 Å². The number of hydrogen-bond donors (Lipinski definition) is 0. The highest BCUT2D eigenvalue weighted by molar-refractivity contribution is 5.36. The van der Waals surface area contributed by atoms with Gasteiger partial charge in [0.15, 0.2) is 0 Å². The molecule has 0 amide bonds. The molecule has 1 saturated heterocycles. The average Bonchev–Trinajstić information content (AvgIpc) is 2.47. The summed E-state index contributed by atoms with van der Waals surface area (Å²) in [4.78, 5) is 0. The largest absolute Gasteiger partial charge is 0.495 e. The molecule has 2 unspecified atom stereocenters. The first-order valence-corrected chi connectivity index (χ1v) is 7.51. The molecule has 0 saturated carbocycles. The first kappa shape index (κ1) is 13.4. The molecule has 1 aromatic rings. The van der Waals surface area contributed by atoms with Crippen LogP contribution < -0.4 is 0 Å². The summed E-state index contributed by atoms with van der Waals surface area (Å²) in [6.07, 6.45) is 9.99. The highest BCUT2D eigenvalue weighted by Crippen LogP contribution is 2.38.